The summed E-state index contributed by atoms with van der Waals surface area (Å²) >= 11 is 0. The summed E-state index contributed by atoms with van der Waals surface area (Å²) in [7, 11) is 0. The van der Waals surface area contributed by atoms with Gasteiger partial charge in [-0.15, -0.1) is 20.4 Å². The van der Waals surface area contributed by atoms with E-state index in [1.54, 1.807) is 0 Å². The first kappa shape index (κ1) is 19.1. The van der Waals surface area contributed by atoms with Gasteiger partial charge in [0.05, 0.1) is 0 Å². The predicted octanol–water partition coefficient (Wildman–Crippen LogP) is 7.25. The lowest BCUT2D eigenvalue weighted by molar-refractivity contribution is 0.498. The van der Waals surface area contributed by atoms with E-state index in [1.807, 2.05) is 60.7 Å². The van der Waals surface area contributed by atoms with Gasteiger partial charge >= 0.3 is 11.8 Å². The van der Waals surface area contributed by atoms with Crippen LogP contribution in [0, 0.1) is 0 Å². The maximum absolute atomic E-state index is 5.98. The third-order valence-corrected chi connectivity index (χ3v) is 6.31. The molecule has 0 N–H and O–H groups in total. The Kier molecular flexibility index (Phi) is 3.78. The zero-order valence-corrected chi connectivity index (χ0v) is 18.5. The quantitative estimate of drug-likeness (QED) is 0.266. The lowest BCUT2D eigenvalue weighted by Crippen LogP contribution is -1.76. The van der Waals surface area contributed by atoms with Crippen molar-refractivity contribution in [3.63, 3.8) is 0 Å². The fraction of sp³-hybridized carbons (Fsp3) is 0. The molecule has 0 amide bonds. The van der Waals surface area contributed by atoms with Gasteiger partial charge in [0, 0.05) is 10.8 Å². The second kappa shape index (κ2) is 7.13. The highest BCUT2D eigenvalue weighted by Gasteiger charge is 2.21. The van der Waals surface area contributed by atoms with Crippen LogP contribution >= 0.6 is 0 Å². The first-order valence-corrected chi connectivity index (χ1v) is 11.3. The topological polar surface area (TPSA) is 104 Å². The largest absolute Gasteiger partial charge is 0.451 e. The molecule has 0 spiro atoms. The lowest BCUT2D eigenvalue weighted by atomic mass is 10.1. The van der Waals surface area contributed by atoms with Crippen LogP contribution in [0.3, 0.4) is 0 Å². The highest BCUT2D eigenvalue weighted by atomic mass is 16.4. The van der Waals surface area contributed by atoms with Gasteiger partial charge in [-0.2, -0.15) is 0 Å². The molecule has 0 saturated heterocycles. The monoisotopic (exact) mass is 470 g/mol. The zero-order chi connectivity index (χ0) is 23.6. The van der Waals surface area contributed by atoms with Crippen LogP contribution in [0.5, 0.6) is 0 Å². The van der Waals surface area contributed by atoms with Crippen molar-refractivity contribution in [2.75, 3.05) is 0 Å². The molecule has 4 aromatic heterocycles. The first-order valence-electron chi connectivity index (χ1n) is 11.3. The number of nitrogens with zero attached hydrogens (tertiary/aromatic N) is 4. The van der Waals surface area contributed by atoms with Gasteiger partial charge in [-0.25, -0.2) is 0 Å². The minimum absolute atomic E-state index is 0.0932. The molecular formula is C28H14N4O4. The molecule has 0 saturated carbocycles. The molecule has 0 radical (unpaired) electrons. The Balaban J connectivity index is 1.16. The molecule has 4 aromatic carbocycles. The summed E-state index contributed by atoms with van der Waals surface area (Å²) < 4.78 is 23.6. The van der Waals surface area contributed by atoms with Crippen LogP contribution in [0.1, 0.15) is 0 Å². The smallest absolute Gasteiger partial charge is 0.306 e. The van der Waals surface area contributed by atoms with E-state index >= 15 is 0 Å². The molecule has 8 nitrogen and oxygen atoms in total. The molecule has 8 rings (SSSR count). The summed E-state index contributed by atoms with van der Waals surface area (Å²) in [4.78, 5) is 0. The number of rotatable bonds is 3. The summed E-state index contributed by atoms with van der Waals surface area (Å²) in [5.41, 5.74) is 1.47. The van der Waals surface area contributed by atoms with Crippen LogP contribution < -0.4 is 0 Å². The molecule has 0 fully saturated rings. The van der Waals surface area contributed by atoms with E-state index in [-0.39, 0.29) is 23.6 Å². The van der Waals surface area contributed by atoms with E-state index < -0.39 is 0 Å². The number of hydrogen-bond donors (Lipinski definition) is 0. The number of furan rings is 2. The van der Waals surface area contributed by atoms with E-state index in [0.29, 0.717) is 11.5 Å². The summed E-state index contributed by atoms with van der Waals surface area (Å²) in [6.45, 7) is 0. The predicted molar refractivity (Wildman–Crippen MR) is 133 cm³/mol. The first-order chi connectivity index (χ1) is 17.8. The molecule has 0 aliphatic carbocycles. The average molecular weight is 470 g/mol. The normalized spacial score (nSPS) is 11.9. The second-order valence-corrected chi connectivity index (χ2v) is 8.44. The van der Waals surface area contributed by atoms with Crippen LogP contribution in [-0.4, -0.2) is 20.4 Å². The Bertz CT molecular complexity index is 1930. The molecule has 4 heterocycles. The molecule has 8 heteroatoms. The van der Waals surface area contributed by atoms with Crippen molar-refractivity contribution in [2.24, 2.45) is 0 Å². The fourth-order valence-corrected chi connectivity index (χ4v) is 4.61. The summed E-state index contributed by atoms with van der Waals surface area (Å²) in [5.74, 6) is 1.56. The Hall–Kier alpha value is -5.24. The van der Waals surface area contributed by atoms with E-state index in [4.69, 9.17) is 17.7 Å². The molecule has 8 aromatic rings. The summed E-state index contributed by atoms with van der Waals surface area (Å²) in [5, 5.41) is 22.8. The fourth-order valence-electron chi connectivity index (χ4n) is 4.61. The van der Waals surface area contributed by atoms with E-state index in [9.17, 15) is 0 Å². The van der Waals surface area contributed by atoms with E-state index in [2.05, 4.69) is 44.7 Å². The molecule has 170 valence electrons. The van der Waals surface area contributed by atoms with E-state index in [1.165, 1.54) is 0 Å². The van der Waals surface area contributed by atoms with Crippen molar-refractivity contribution < 1.29 is 17.7 Å². The van der Waals surface area contributed by atoms with Crippen LogP contribution in [-0.2, 0) is 0 Å². The lowest BCUT2D eigenvalue weighted by Gasteiger charge is -1.96. The maximum atomic E-state index is 5.98. The highest BCUT2D eigenvalue weighted by Crippen LogP contribution is 2.35. The average Bonchev–Trinajstić information content (AvgIpc) is 3.72. The van der Waals surface area contributed by atoms with Gasteiger partial charge in [-0.05, 0) is 45.8 Å². The summed E-state index contributed by atoms with van der Waals surface area (Å²) in [6, 6.07) is 27.9. The van der Waals surface area contributed by atoms with Crippen molar-refractivity contribution in [1.29, 1.82) is 0 Å². The SMILES string of the molecule is c1ccc2c(c1)ccc1oc(-c3nnc(-c4nnc(-c5cc6c(ccc7ccccc76)o5)o4)o3)cc12. The highest BCUT2D eigenvalue weighted by molar-refractivity contribution is 6.07. The molecule has 0 aliphatic rings. The van der Waals surface area contributed by atoms with Gasteiger partial charge in [0.25, 0.3) is 11.8 Å². The third kappa shape index (κ3) is 2.81. The van der Waals surface area contributed by atoms with Gasteiger partial charge in [-0.3, -0.25) is 0 Å². The number of benzene rings is 4. The molecule has 36 heavy (non-hydrogen) atoms. The Morgan fingerprint density at radius 2 is 0.833 bits per heavy atom. The van der Waals surface area contributed by atoms with Gasteiger partial charge in [0.1, 0.15) is 11.2 Å². The third-order valence-electron chi connectivity index (χ3n) is 6.31. The van der Waals surface area contributed by atoms with Crippen LogP contribution in [0.25, 0.3) is 78.6 Å². The molecule has 0 bridgehead atoms. The van der Waals surface area contributed by atoms with Crippen LogP contribution in [0.2, 0.25) is 0 Å². The Morgan fingerprint density at radius 3 is 1.33 bits per heavy atom. The van der Waals surface area contributed by atoms with Crippen LogP contribution in [0.4, 0.5) is 0 Å². The van der Waals surface area contributed by atoms with Crippen molar-refractivity contribution in [1.82, 2.24) is 20.4 Å². The second-order valence-electron chi connectivity index (χ2n) is 8.44. The van der Waals surface area contributed by atoms with Crippen molar-refractivity contribution in [3.8, 4) is 35.1 Å². The van der Waals surface area contributed by atoms with Gasteiger partial charge < -0.3 is 17.7 Å². The van der Waals surface area contributed by atoms with Crippen LogP contribution in [0.15, 0.2) is 103 Å². The van der Waals surface area contributed by atoms with Gasteiger partial charge in [0.2, 0.25) is 0 Å². The van der Waals surface area contributed by atoms with Crippen molar-refractivity contribution in [2.45, 2.75) is 0 Å². The zero-order valence-electron chi connectivity index (χ0n) is 18.5. The molecule has 0 aliphatic heterocycles. The molecule has 0 unspecified atom stereocenters. The standard InChI is InChI=1S/C28H14N4O4/c1-3-7-17-15(5-1)9-11-21-19(17)13-23(33-21)25-29-31-27(35-25)28-32-30-26(36-28)24-14-20-18-8-4-2-6-16(18)10-12-22(20)34-24/h1-14H. The minimum Gasteiger partial charge on any atom is -0.451 e. The Labute approximate surface area is 201 Å². The summed E-state index contributed by atoms with van der Waals surface area (Å²) in [6.07, 6.45) is 0. The maximum Gasteiger partial charge on any atom is 0.306 e. The van der Waals surface area contributed by atoms with Crippen molar-refractivity contribution >= 4 is 43.5 Å². The molecule has 0 atom stereocenters. The number of hydrogen-bond acceptors (Lipinski definition) is 8. The molecular weight excluding hydrogens is 456 g/mol. The van der Waals surface area contributed by atoms with E-state index in [0.717, 1.165) is 43.5 Å². The van der Waals surface area contributed by atoms with Gasteiger partial charge in [0.15, 0.2) is 11.5 Å². The van der Waals surface area contributed by atoms with Crippen molar-refractivity contribution in [3.05, 3.63) is 84.9 Å². The number of aromatic nitrogens is 4. The van der Waals surface area contributed by atoms with Gasteiger partial charge in [-0.1, -0.05) is 60.7 Å². The Morgan fingerprint density at radius 1 is 0.389 bits per heavy atom. The minimum atomic E-state index is 0.0932. The number of fused-ring (bicyclic) bond motifs is 6.